The second kappa shape index (κ2) is 10.8. The van der Waals surface area contributed by atoms with Crippen LogP contribution in [-0.2, 0) is 35.5 Å². The molecule has 2 amide bonds. The lowest BCUT2D eigenvalue weighted by Gasteiger charge is -2.28. The lowest BCUT2D eigenvalue weighted by Crippen LogP contribution is -2.41. The molecule has 0 saturated carbocycles. The highest BCUT2D eigenvalue weighted by Gasteiger charge is 2.31. The van der Waals surface area contributed by atoms with Crippen LogP contribution in [0.4, 0.5) is 0 Å². The van der Waals surface area contributed by atoms with Gasteiger partial charge >= 0.3 is 0 Å². The van der Waals surface area contributed by atoms with Gasteiger partial charge in [-0.25, -0.2) is 4.98 Å². The monoisotopic (exact) mass is 474 g/mol. The van der Waals surface area contributed by atoms with Gasteiger partial charge in [-0.15, -0.1) is 11.3 Å². The highest BCUT2D eigenvalue weighted by Crippen LogP contribution is 2.24. The molecule has 10 heteroatoms. The van der Waals surface area contributed by atoms with Crippen LogP contribution in [0.2, 0.25) is 0 Å². The predicted molar refractivity (Wildman–Crippen MR) is 126 cm³/mol. The van der Waals surface area contributed by atoms with E-state index >= 15 is 0 Å². The highest BCUT2D eigenvalue weighted by molar-refractivity contribution is 7.09. The number of fused-ring (bicyclic) bond motifs is 1. The van der Waals surface area contributed by atoms with Gasteiger partial charge in [0, 0.05) is 55.8 Å². The fourth-order valence-corrected chi connectivity index (χ4v) is 5.45. The lowest BCUT2D eigenvalue weighted by molar-refractivity contribution is -0.131. The maximum atomic E-state index is 13.2. The summed E-state index contributed by atoms with van der Waals surface area (Å²) in [6, 6.07) is 0.380. The lowest BCUT2D eigenvalue weighted by atomic mass is 10.0. The zero-order chi connectivity index (χ0) is 23.4. The molecule has 1 N–H and O–H groups in total. The van der Waals surface area contributed by atoms with Crippen LogP contribution < -0.4 is 5.32 Å². The van der Waals surface area contributed by atoms with E-state index in [4.69, 9.17) is 4.74 Å². The van der Waals surface area contributed by atoms with Crippen molar-refractivity contribution in [2.75, 3.05) is 39.9 Å². The van der Waals surface area contributed by atoms with Crippen molar-refractivity contribution in [3.8, 4) is 0 Å². The van der Waals surface area contributed by atoms with Crippen LogP contribution in [0.3, 0.4) is 0 Å². The summed E-state index contributed by atoms with van der Waals surface area (Å²) in [6.07, 6.45) is 3.23. The van der Waals surface area contributed by atoms with E-state index in [2.05, 4.69) is 27.2 Å². The number of likely N-dealkylation sites (N-methyl/N-ethyl adjacent to an activating group) is 1. The number of nitrogens with one attached hydrogen (secondary N) is 1. The molecule has 1 unspecified atom stereocenters. The van der Waals surface area contributed by atoms with Gasteiger partial charge in [-0.3, -0.25) is 19.2 Å². The summed E-state index contributed by atoms with van der Waals surface area (Å²) in [5, 5.41) is 10.7. The number of methoxy groups -OCH3 is 1. The van der Waals surface area contributed by atoms with E-state index in [1.165, 1.54) is 6.42 Å². The van der Waals surface area contributed by atoms with Gasteiger partial charge in [0.1, 0.15) is 0 Å². The first-order valence-electron chi connectivity index (χ1n) is 11.8. The van der Waals surface area contributed by atoms with Gasteiger partial charge in [0.15, 0.2) is 5.69 Å². The molecule has 2 aromatic heterocycles. The van der Waals surface area contributed by atoms with Gasteiger partial charge < -0.3 is 15.0 Å². The third-order valence-electron chi connectivity index (χ3n) is 6.61. The largest absolute Gasteiger partial charge is 0.383 e. The molecule has 33 heavy (non-hydrogen) atoms. The van der Waals surface area contributed by atoms with Crippen LogP contribution in [0.1, 0.15) is 52.2 Å². The molecule has 1 atom stereocenters. The molecule has 2 aromatic rings. The van der Waals surface area contributed by atoms with E-state index < -0.39 is 0 Å². The first-order chi connectivity index (χ1) is 16.0. The molecular formula is C23H34N6O3S. The summed E-state index contributed by atoms with van der Waals surface area (Å²) in [5.74, 6) is -0.124. The number of amides is 2. The number of nitrogens with zero attached hydrogens (tertiary/aromatic N) is 5. The third-order valence-corrected chi connectivity index (χ3v) is 7.43. The fraction of sp³-hybridized carbons (Fsp3) is 0.652. The number of rotatable bonds is 9. The normalized spacial score (nSPS) is 18.5. The van der Waals surface area contributed by atoms with Crippen molar-refractivity contribution in [2.24, 2.45) is 0 Å². The first kappa shape index (κ1) is 23.8. The topological polar surface area (TPSA) is 92.6 Å². The fourth-order valence-electron chi connectivity index (χ4n) is 4.84. The van der Waals surface area contributed by atoms with Crippen LogP contribution >= 0.6 is 11.3 Å². The van der Waals surface area contributed by atoms with E-state index in [9.17, 15) is 9.59 Å². The summed E-state index contributed by atoms with van der Waals surface area (Å²) >= 11 is 1.55. The molecule has 2 aliphatic heterocycles. The van der Waals surface area contributed by atoms with Crippen LogP contribution in [0.25, 0.3) is 0 Å². The Labute approximate surface area is 199 Å². The van der Waals surface area contributed by atoms with E-state index in [1.807, 2.05) is 21.9 Å². The summed E-state index contributed by atoms with van der Waals surface area (Å²) < 4.78 is 7.12. The molecule has 4 rings (SSSR count). The number of carbonyl (C=O) groups excluding carboxylic acids is 2. The average Bonchev–Trinajstić information content (AvgIpc) is 3.54. The van der Waals surface area contributed by atoms with Crippen molar-refractivity contribution in [3.05, 3.63) is 33.0 Å². The predicted octanol–water partition coefficient (Wildman–Crippen LogP) is 1.64. The van der Waals surface area contributed by atoms with Gasteiger partial charge in [0.2, 0.25) is 5.91 Å². The van der Waals surface area contributed by atoms with Crippen molar-refractivity contribution in [1.29, 1.82) is 0 Å². The molecule has 2 aliphatic rings. The molecule has 0 aromatic carbocycles. The number of ether oxygens (including phenoxy) is 1. The van der Waals surface area contributed by atoms with Gasteiger partial charge in [0.25, 0.3) is 5.91 Å². The van der Waals surface area contributed by atoms with Gasteiger partial charge in [-0.2, -0.15) is 5.10 Å². The summed E-state index contributed by atoms with van der Waals surface area (Å²) in [7, 11) is 1.66. The Morgan fingerprint density at radius 2 is 2.18 bits per heavy atom. The first-order valence-corrected chi connectivity index (χ1v) is 12.7. The smallest absolute Gasteiger partial charge is 0.272 e. The number of thiazole rings is 1. The molecule has 0 bridgehead atoms. The molecule has 0 aliphatic carbocycles. The van der Waals surface area contributed by atoms with Crippen molar-refractivity contribution in [1.82, 2.24) is 29.9 Å². The number of likely N-dealkylation sites (tertiary alicyclic amines) is 1. The Morgan fingerprint density at radius 3 is 2.91 bits per heavy atom. The Balaban J connectivity index is 1.48. The quantitative estimate of drug-likeness (QED) is 0.594. The zero-order valence-corrected chi connectivity index (χ0v) is 20.6. The van der Waals surface area contributed by atoms with E-state index in [0.717, 1.165) is 41.5 Å². The highest BCUT2D eigenvalue weighted by atomic mass is 32.1. The van der Waals surface area contributed by atoms with Crippen LogP contribution in [0.5, 0.6) is 0 Å². The molecule has 180 valence electrons. The van der Waals surface area contributed by atoms with Gasteiger partial charge in [-0.1, -0.05) is 6.92 Å². The van der Waals surface area contributed by atoms with Crippen LogP contribution in [-0.4, -0.2) is 82.3 Å². The molecular weight excluding hydrogens is 440 g/mol. The minimum atomic E-state index is -0.158. The Hall–Kier alpha value is -2.30. The second-order valence-electron chi connectivity index (χ2n) is 8.72. The Kier molecular flexibility index (Phi) is 7.77. The number of carbonyl (C=O) groups is 2. The Bertz CT molecular complexity index is 987. The Morgan fingerprint density at radius 1 is 1.33 bits per heavy atom. The average molecular weight is 475 g/mol. The minimum absolute atomic E-state index is 0.0338. The van der Waals surface area contributed by atoms with Gasteiger partial charge in [-0.05, 0) is 32.9 Å². The minimum Gasteiger partial charge on any atom is -0.383 e. The van der Waals surface area contributed by atoms with E-state index in [1.54, 1.807) is 18.4 Å². The number of hydrogen-bond donors (Lipinski definition) is 1. The standard InChI is InChI=1S/C23H34N6O3S/c1-4-27-8-5-6-18(27)13-24-23(31)22-19-14-28(21(30)12-17-15-33-16(2)25-17)9-7-20(19)29(26-22)10-11-32-3/h15,18H,4-14H2,1-3H3,(H,24,31). The van der Waals surface area contributed by atoms with Crippen molar-refractivity contribution < 1.29 is 14.3 Å². The zero-order valence-electron chi connectivity index (χ0n) is 19.8. The van der Waals surface area contributed by atoms with Crippen molar-refractivity contribution in [2.45, 2.75) is 58.7 Å². The van der Waals surface area contributed by atoms with Crippen LogP contribution in [0.15, 0.2) is 5.38 Å². The van der Waals surface area contributed by atoms with E-state index in [0.29, 0.717) is 50.9 Å². The maximum Gasteiger partial charge on any atom is 0.272 e. The molecule has 4 heterocycles. The van der Waals surface area contributed by atoms with Crippen molar-refractivity contribution in [3.63, 3.8) is 0 Å². The third kappa shape index (κ3) is 5.44. The molecule has 9 nitrogen and oxygen atoms in total. The second-order valence-corrected chi connectivity index (χ2v) is 9.79. The van der Waals surface area contributed by atoms with Gasteiger partial charge in [0.05, 0.1) is 30.3 Å². The number of hydrogen-bond acceptors (Lipinski definition) is 7. The SMILES string of the molecule is CCN1CCCC1CNC(=O)c1nn(CCOC)c2c1CN(C(=O)Cc1csc(C)n1)CC2. The van der Waals surface area contributed by atoms with Crippen LogP contribution in [0, 0.1) is 6.92 Å². The van der Waals surface area contributed by atoms with E-state index in [-0.39, 0.29) is 18.2 Å². The summed E-state index contributed by atoms with van der Waals surface area (Å²) in [6.45, 7) is 8.94. The summed E-state index contributed by atoms with van der Waals surface area (Å²) in [5.41, 5.74) is 3.13. The molecule has 0 radical (unpaired) electrons. The molecule has 0 spiro atoms. The van der Waals surface area contributed by atoms with Crippen molar-refractivity contribution >= 4 is 23.2 Å². The maximum absolute atomic E-state index is 13.2. The molecule has 1 fully saturated rings. The molecule has 1 saturated heterocycles. The number of aryl methyl sites for hydroxylation is 1. The summed E-state index contributed by atoms with van der Waals surface area (Å²) in [4.78, 5) is 34.8. The number of aromatic nitrogens is 3.